The van der Waals surface area contributed by atoms with Gasteiger partial charge in [0, 0.05) is 24.7 Å². The molecule has 0 spiro atoms. The first kappa shape index (κ1) is 17.5. The first-order chi connectivity index (χ1) is 11.7. The smallest absolute Gasteiger partial charge is 0.327 e. The van der Waals surface area contributed by atoms with E-state index in [0.29, 0.717) is 12.1 Å². The number of nitrogens with zero attached hydrogens (tertiary/aromatic N) is 2. The van der Waals surface area contributed by atoms with Crippen LogP contribution in [0.1, 0.15) is 43.6 Å². The molecule has 2 heterocycles. The minimum absolute atomic E-state index is 0.0565. The average Bonchev–Trinajstić information content (AvgIpc) is 2.82. The standard InChI is InChI=1S/C19H24FN3O2/c1-19(2,3)11-23-15(13-7-5-6-12(10-24)16(13)20)9-8-14-17(23)22(4)18(25)21-14/h5-9,15,24H,10-11H2,1-4H3,(H,21,25). The Hall–Kier alpha value is -2.34. The molecule has 1 atom stereocenters. The van der Waals surface area contributed by atoms with E-state index in [1.807, 2.05) is 17.1 Å². The second-order valence-electron chi connectivity index (χ2n) is 7.70. The Morgan fingerprint density at radius 2 is 2.04 bits per heavy atom. The Bertz CT molecular complexity index is 874. The monoisotopic (exact) mass is 345 g/mol. The number of hydrogen-bond acceptors (Lipinski definition) is 3. The second-order valence-corrected chi connectivity index (χ2v) is 7.70. The number of halogens is 1. The molecule has 0 fully saturated rings. The summed E-state index contributed by atoms with van der Waals surface area (Å²) in [5.41, 5.74) is 1.24. The number of aliphatic hydroxyl groups excluding tert-OH is 1. The molecule has 1 aliphatic heterocycles. The summed E-state index contributed by atoms with van der Waals surface area (Å²) in [4.78, 5) is 17.0. The van der Waals surface area contributed by atoms with Crippen molar-refractivity contribution < 1.29 is 9.50 Å². The van der Waals surface area contributed by atoms with Crippen LogP contribution in [-0.4, -0.2) is 21.2 Å². The second kappa shape index (κ2) is 6.19. The lowest BCUT2D eigenvalue weighted by Crippen LogP contribution is -2.39. The van der Waals surface area contributed by atoms with Crippen molar-refractivity contribution in [2.24, 2.45) is 12.5 Å². The van der Waals surface area contributed by atoms with E-state index in [9.17, 15) is 14.3 Å². The van der Waals surface area contributed by atoms with E-state index in [4.69, 9.17) is 0 Å². The summed E-state index contributed by atoms with van der Waals surface area (Å²) in [6.45, 7) is 6.61. The minimum Gasteiger partial charge on any atom is -0.392 e. The molecule has 6 heteroatoms. The molecular weight excluding hydrogens is 321 g/mol. The molecule has 1 aromatic heterocycles. The molecule has 3 rings (SSSR count). The van der Waals surface area contributed by atoms with Crippen LogP contribution in [0, 0.1) is 11.2 Å². The van der Waals surface area contributed by atoms with Gasteiger partial charge in [-0.25, -0.2) is 9.18 Å². The molecule has 0 amide bonds. The Morgan fingerprint density at radius 3 is 2.68 bits per heavy atom. The van der Waals surface area contributed by atoms with Crippen molar-refractivity contribution in [1.82, 2.24) is 9.55 Å². The van der Waals surface area contributed by atoms with Gasteiger partial charge >= 0.3 is 5.69 Å². The van der Waals surface area contributed by atoms with Crippen molar-refractivity contribution in [3.8, 4) is 0 Å². The Morgan fingerprint density at radius 1 is 1.32 bits per heavy atom. The van der Waals surface area contributed by atoms with Gasteiger partial charge in [-0.2, -0.15) is 0 Å². The van der Waals surface area contributed by atoms with Gasteiger partial charge in [0.15, 0.2) is 0 Å². The number of imidazole rings is 1. The number of benzene rings is 1. The summed E-state index contributed by atoms with van der Waals surface area (Å²) in [5.74, 6) is 0.351. The number of aliphatic hydroxyl groups is 1. The first-order valence-corrected chi connectivity index (χ1v) is 8.35. The fourth-order valence-electron chi connectivity index (χ4n) is 3.32. The SMILES string of the molecule is Cn1c2c([nH]c1=O)C=CC(c1cccc(CO)c1F)N2CC(C)(C)C. The summed E-state index contributed by atoms with van der Waals surface area (Å²) >= 11 is 0. The van der Waals surface area contributed by atoms with Crippen LogP contribution in [0.3, 0.4) is 0 Å². The van der Waals surface area contributed by atoms with Gasteiger partial charge in [-0.1, -0.05) is 45.0 Å². The fourth-order valence-corrected chi connectivity index (χ4v) is 3.32. The van der Waals surface area contributed by atoms with Gasteiger partial charge in [0.1, 0.15) is 11.6 Å². The highest BCUT2D eigenvalue weighted by molar-refractivity contribution is 5.68. The number of hydrogen-bond donors (Lipinski definition) is 2. The van der Waals surface area contributed by atoms with Crippen LogP contribution in [-0.2, 0) is 13.7 Å². The lowest BCUT2D eigenvalue weighted by Gasteiger charge is -2.39. The molecule has 1 unspecified atom stereocenters. The summed E-state index contributed by atoms with van der Waals surface area (Å²) in [6.07, 6.45) is 3.72. The van der Waals surface area contributed by atoms with Crippen molar-refractivity contribution in [3.63, 3.8) is 0 Å². The molecule has 134 valence electrons. The van der Waals surface area contributed by atoms with Crippen LogP contribution in [0.5, 0.6) is 0 Å². The average molecular weight is 345 g/mol. The molecule has 0 aliphatic carbocycles. The number of aromatic nitrogens is 2. The molecule has 0 bridgehead atoms. The predicted molar refractivity (Wildman–Crippen MR) is 96.9 cm³/mol. The van der Waals surface area contributed by atoms with Crippen molar-refractivity contribution in [1.29, 1.82) is 0 Å². The lowest BCUT2D eigenvalue weighted by molar-refractivity contribution is 0.275. The Kier molecular flexibility index (Phi) is 4.33. The first-order valence-electron chi connectivity index (χ1n) is 8.35. The highest BCUT2D eigenvalue weighted by Gasteiger charge is 2.32. The zero-order valence-corrected chi connectivity index (χ0v) is 15.0. The minimum atomic E-state index is -0.400. The largest absolute Gasteiger partial charge is 0.392 e. The Labute approximate surface area is 146 Å². The fraction of sp³-hybridized carbons (Fsp3) is 0.421. The van der Waals surface area contributed by atoms with E-state index in [1.165, 1.54) is 0 Å². The van der Waals surface area contributed by atoms with Crippen molar-refractivity contribution in [3.05, 3.63) is 57.4 Å². The highest BCUT2D eigenvalue weighted by Crippen LogP contribution is 2.38. The van der Waals surface area contributed by atoms with E-state index in [-0.39, 0.29) is 29.3 Å². The van der Waals surface area contributed by atoms with Gasteiger partial charge in [0.05, 0.1) is 18.3 Å². The maximum Gasteiger partial charge on any atom is 0.327 e. The molecule has 2 aromatic rings. The third-order valence-corrected chi connectivity index (χ3v) is 4.40. The molecule has 0 radical (unpaired) electrons. The maximum absolute atomic E-state index is 14.8. The van der Waals surface area contributed by atoms with Crippen LogP contribution in [0.25, 0.3) is 6.08 Å². The quantitative estimate of drug-likeness (QED) is 0.899. The van der Waals surface area contributed by atoms with Gasteiger partial charge in [-0.15, -0.1) is 0 Å². The van der Waals surface area contributed by atoms with Crippen molar-refractivity contribution in [2.75, 3.05) is 11.4 Å². The number of H-pyrrole nitrogens is 1. The van der Waals surface area contributed by atoms with Gasteiger partial charge in [0.2, 0.25) is 0 Å². The molecule has 1 aliphatic rings. The van der Waals surface area contributed by atoms with Crippen LogP contribution in [0.15, 0.2) is 29.1 Å². The van der Waals surface area contributed by atoms with Gasteiger partial charge in [-0.3, -0.25) is 4.57 Å². The van der Waals surface area contributed by atoms with Crippen LogP contribution in [0.4, 0.5) is 10.2 Å². The van der Waals surface area contributed by atoms with E-state index in [0.717, 1.165) is 11.5 Å². The molecule has 0 saturated carbocycles. The third kappa shape index (κ3) is 3.14. The van der Waals surface area contributed by atoms with Crippen LogP contribution < -0.4 is 10.6 Å². The van der Waals surface area contributed by atoms with Crippen LogP contribution in [0.2, 0.25) is 0 Å². The number of nitrogens with one attached hydrogen (secondary N) is 1. The molecular formula is C19H24FN3O2. The molecule has 0 saturated heterocycles. The number of anilines is 1. The molecule has 5 nitrogen and oxygen atoms in total. The normalized spacial score (nSPS) is 17.0. The predicted octanol–water partition coefficient (Wildman–Crippen LogP) is 2.97. The molecule has 1 aromatic carbocycles. The van der Waals surface area contributed by atoms with Gasteiger partial charge < -0.3 is 15.0 Å². The number of rotatable bonds is 3. The van der Waals surface area contributed by atoms with Gasteiger partial charge in [-0.05, 0) is 11.5 Å². The van der Waals surface area contributed by atoms with E-state index in [2.05, 4.69) is 25.8 Å². The van der Waals surface area contributed by atoms with E-state index in [1.54, 1.807) is 29.8 Å². The zero-order valence-electron chi connectivity index (χ0n) is 15.0. The zero-order chi connectivity index (χ0) is 18.4. The molecule has 2 N–H and O–H groups in total. The maximum atomic E-state index is 14.8. The summed E-state index contributed by atoms with van der Waals surface area (Å²) < 4.78 is 16.4. The lowest BCUT2D eigenvalue weighted by atomic mass is 9.92. The summed E-state index contributed by atoms with van der Waals surface area (Å²) in [5, 5.41) is 9.38. The number of fused-ring (bicyclic) bond motifs is 1. The van der Waals surface area contributed by atoms with Crippen molar-refractivity contribution >= 4 is 11.9 Å². The highest BCUT2D eigenvalue weighted by atomic mass is 19.1. The number of aromatic amines is 1. The molecule has 25 heavy (non-hydrogen) atoms. The topological polar surface area (TPSA) is 61.3 Å². The van der Waals surface area contributed by atoms with Crippen LogP contribution >= 0.6 is 0 Å². The summed E-state index contributed by atoms with van der Waals surface area (Å²) in [7, 11) is 1.71. The third-order valence-electron chi connectivity index (χ3n) is 4.40. The van der Waals surface area contributed by atoms with Crippen molar-refractivity contribution in [2.45, 2.75) is 33.4 Å². The van der Waals surface area contributed by atoms with Gasteiger partial charge in [0.25, 0.3) is 0 Å². The summed E-state index contributed by atoms with van der Waals surface area (Å²) in [6, 6.07) is 4.71. The van der Waals surface area contributed by atoms with E-state index < -0.39 is 5.82 Å². The Balaban J connectivity index is 2.16. The van der Waals surface area contributed by atoms with E-state index >= 15 is 0 Å².